The summed E-state index contributed by atoms with van der Waals surface area (Å²) in [5, 5.41) is 0.493. The fourth-order valence-electron chi connectivity index (χ4n) is 5.38. The molecule has 1 amide bonds. The number of nitrogens with zero attached hydrogens (tertiary/aromatic N) is 3. The maximum Gasteiger partial charge on any atom is 0.260 e. The van der Waals surface area contributed by atoms with Crippen LogP contribution in [-0.4, -0.2) is 63.6 Å². The molecular formula is C30H31N3O6S2. The summed E-state index contributed by atoms with van der Waals surface area (Å²) >= 11 is 1.34. The first-order chi connectivity index (χ1) is 19.9. The molecule has 3 heterocycles. The highest BCUT2D eigenvalue weighted by atomic mass is 32.2. The lowest BCUT2D eigenvalue weighted by molar-refractivity contribution is 0.0917. The molecule has 1 unspecified atom stereocenters. The molecule has 2 aliphatic rings. The van der Waals surface area contributed by atoms with Crippen molar-refractivity contribution >= 4 is 42.6 Å². The van der Waals surface area contributed by atoms with E-state index in [0.29, 0.717) is 60.4 Å². The van der Waals surface area contributed by atoms with Crippen molar-refractivity contribution in [3.8, 4) is 11.5 Å². The average Bonchev–Trinajstić information content (AvgIpc) is 3.69. The van der Waals surface area contributed by atoms with Crippen molar-refractivity contribution in [3.05, 3.63) is 77.4 Å². The lowest BCUT2D eigenvalue weighted by atomic mass is 10.0. The highest BCUT2D eigenvalue weighted by Crippen LogP contribution is 2.40. The molecule has 0 radical (unpaired) electrons. The first kappa shape index (κ1) is 27.6. The predicted molar refractivity (Wildman–Crippen MR) is 158 cm³/mol. The zero-order valence-electron chi connectivity index (χ0n) is 22.9. The Balaban J connectivity index is 1.30. The monoisotopic (exact) mass is 593 g/mol. The number of methoxy groups -OCH3 is 2. The van der Waals surface area contributed by atoms with Crippen LogP contribution in [0.3, 0.4) is 0 Å². The van der Waals surface area contributed by atoms with Crippen molar-refractivity contribution in [1.29, 1.82) is 0 Å². The van der Waals surface area contributed by atoms with Gasteiger partial charge >= 0.3 is 0 Å². The normalized spacial score (nSPS) is 17.4. The summed E-state index contributed by atoms with van der Waals surface area (Å²) in [5.41, 5.74) is 3.17. The molecule has 2 aliphatic heterocycles. The fourth-order valence-corrected chi connectivity index (χ4v) is 7.88. The summed E-state index contributed by atoms with van der Waals surface area (Å²) in [7, 11) is -0.552. The maximum absolute atomic E-state index is 13.9. The summed E-state index contributed by atoms with van der Waals surface area (Å²) in [6.45, 7) is 1.73. The van der Waals surface area contributed by atoms with Gasteiger partial charge < -0.3 is 14.2 Å². The van der Waals surface area contributed by atoms with Crippen LogP contribution < -0.4 is 14.4 Å². The van der Waals surface area contributed by atoms with Gasteiger partial charge in [-0.2, -0.15) is 4.31 Å². The number of benzene rings is 3. The number of thiazole rings is 1. The van der Waals surface area contributed by atoms with Crippen molar-refractivity contribution in [2.24, 2.45) is 0 Å². The van der Waals surface area contributed by atoms with Crippen molar-refractivity contribution in [2.75, 3.05) is 38.8 Å². The van der Waals surface area contributed by atoms with Gasteiger partial charge in [-0.25, -0.2) is 13.4 Å². The second-order valence-corrected chi connectivity index (χ2v) is 13.0. The third kappa shape index (κ3) is 5.30. The maximum atomic E-state index is 13.9. The van der Waals surface area contributed by atoms with Crippen LogP contribution in [0.2, 0.25) is 0 Å². The molecule has 4 aromatic rings. The smallest absolute Gasteiger partial charge is 0.260 e. The van der Waals surface area contributed by atoms with Crippen LogP contribution in [0, 0.1) is 0 Å². The van der Waals surface area contributed by atoms with Crippen LogP contribution in [0.4, 0.5) is 5.13 Å². The van der Waals surface area contributed by atoms with E-state index in [0.717, 1.165) is 23.1 Å². The van der Waals surface area contributed by atoms with Crippen LogP contribution in [0.15, 0.2) is 65.6 Å². The molecule has 1 aromatic heterocycles. The Morgan fingerprint density at radius 1 is 1.05 bits per heavy atom. The Bertz CT molecular complexity index is 1640. The van der Waals surface area contributed by atoms with Gasteiger partial charge in [0.25, 0.3) is 5.91 Å². The SMILES string of the molecule is COc1ccc(OC)c2sc(N(CC3CCCO3)C(=O)c3ccc(S(=O)(=O)N4CCc5ccccc5C4)cc3)nc12. The number of anilines is 1. The molecular weight excluding hydrogens is 562 g/mol. The number of hydrogen-bond donors (Lipinski definition) is 0. The minimum atomic E-state index is -3.72. The Labute approximate surface area is 243 Å². The van der Waals surface area contributed by atoms with E-state index < -0.39 is 10.0 Å². The molecule has 3 aromatic carbocycles. The molecule has 0 bridgehead atoms. The number of ether oxygens (including phenoxy) is 3. The number of fused-ring (bicyclic) bond motifs is 2. The summed E-state index contributed by atoms with van der Waals surface area (Å²) in [4.78, 5) is 20.5. The van der Waals surface area contributed by atoms with Gasteiger partial charge in [0.15, 0.2) is 5.13 Å². The zero-order chi connectivity index (χ0) is 28.6. The Morgan fingerprint density at radius 2 is 1.78 bits per heavy atom. The summed E-state index contributed by atoms with van der Waals surface area (Å²) in [6, 6.07) is 17.7. The molecule has 1 saturated heterocycles. The average molecular weight is 594 g/mol. The highest BCUT2D eigenvalue weighted by molar-refractivity contribution is 7.89. The Kier molecular flexibility index (Phi) is 7.69. The molecule has 41 heavy (non-hydrogen) atoms. The van der Waals surface area contributed by atoms with Gasteiger partial charge in [0.1, 0.15) is 21.7 Å². The Morgan fingerprint density at radius 3 is 2.49 bits per heavy atom. The van der Waals surface area contributed by atoms with Gasteiger partial charge in [-0.15, -0.1) is 0 Å². The van der Waals surface area contributed by atoms with Gasteiger partial charge in [-0.05, 0) is 66.8 Å². The molecule has 9 nitrogen and oxygen atoms in total. The molecule has 1 fully saturated rings. The molecule has 214 valence electrons. The van der Waals surface area contributed by atoms with Gasteiger partial charge in [0.2, 0.25) is 10.0 Å². The Hall–Kier alpha value is -3.51. The third-order valence-corrected chi connectivity index (χ3v) is 10.6. The molecule has 1 atom stereocenters. The van der Waals surface area contributed by atoms with E-state index in [1.165, 1.54) is 33.3 Å². The van der Waals surface area contributed by atoms with Crippen molar-refractivity contribution < 1.29 is 27.4 Å². The summed E-state index contributed by atoms with van der Waals surface area (Å²) < 4.78 is 46.1. The lowest BCUT2D eigenvalue weighted by Crippen LogP contribution is -2.37. The molecule has 0 saturated carbocycles. The van der Waals surface area contributed by atoms with Crippen LogP contribution in [0.25, 0.3) is 10.2 Å². The number of carbonyl (C=O) groups excluding carboxylic acids is 1. The van der Waals surface area contributed by atoms with E-state index in [9.17, 15) is 13.2 Å². The second-order valence-electron chi connectivity index (χ2n) is 10.1. The fraction of sp³-hybridized carbons (Fsp3) is 0.333. The number of aromatic nitrogens is 1. The van der Waals surface area contributed by atoms with E-state index in [4.69, 9.17) is 19.2 Å². The number of amides is 1. The summed E-state index contributed by atoms with van der Waals surface area (Å²) in [6.07, 6.45) is 2.33. The summed E-state index contributed by atoms with van der Waals surface area (Å²) in [5.74, 6) is 0.944. The first-order valence-corrected chi connectivity index (χ1v) is 15.8. The minimum Gasteiger partial charge on any atom is -0.495 e. The van der Waals surface area contributed by atoms with Crippen LogP contribution >= 0.6 is 11.3 Å². The van der Waals surface area contributed by atoms with E-state index in [2.05, 4.69) is 0 Å². The number of rotatable bonds is 8. The van der Waals surface area contributed by atoms with Gasteiger partial charge in [0, 0.05) is 25.3 Å². The predicted octanol–water partition coefficient (Wildman–Crippen LogP) is 4.89. The zero-order valence-corrected chi connectivity index (χ0v) is 24.5. The number of sulfonamides is 1. The highest BCUT2D eigenvalue weighted by Gasteiger charge is 2.31. The molecule has 0 aliphatic carbocycles. The largest absolute Gasteiger partial charge is 0.495 e. The van der Waals surface area contributed by atoms with E-state index in [1.54, 1.807) is 37.3 Å². The van der Waals surface area contributed by atoms with Crippen LogP contribution in [0.5, 0.6) is 11.5 Å². The van der Waals surface area contributed by atoms with E-state index >= 15 is 0 Å². The minimum absolute atomic E-state index is 0.114. The number of hydrogen-bond acceptors (Lipinski definition) is 8. The molecule has 11 heteroatoms. The van der Waals surface area contributed by atoms with E-state index in [1.807, 2.05) is 30.3 Å². The topological polar surface area (TPSA) is 98.3 Å². The first-order valence-electron chi connectivity index (χ1n) is 13.5. The standard InChI is InChI=1S/C30H31N3O6S2/c1-37-25-13-14-26(38-2)28-27(25)31-30(40-28)33(19-23-8-5-17-39-23)29(34)21-9-11-24(12-10-21)41(35,36)32-16-15-20-6-3-4-7-22(20)18-32/h3-4,6-7,9-14,23H,5,8,15-19H2,1-2H3. The quantitative estimate of drug-likeness (QED) is 0.287. The van der Waals surface area contributed by atoms with Gasteiger partial charge in [0.05, 0.1) is 31.8 Å². The lowest BCUT2D eigenvalue weighted by Gasteiger charge is -2.28. The van der Waals surface area contributed by atoms with Crippen LogP contribution in [-0.2, 0) is 27.7 Å². The van der Waals surface area contributed by atoms with E-state index in [-0.39, 0.29) is 16.9 Å². The number of carbonyl (C=O) groups is 1. The van der Waals surface area contributed by atoms with Gasteiger partial charge in [-0.1, -0.05) is 35.6 Å². The van der Waals surface area contributed by atoms with Crippen molar-refractivity contribution in [3.63, 3.8) is 0 Å². The van der Waals surface area contributed by atoms with Crippen molar-refractivity contribution in [1.82, 2.24) is 9.29 Å². The molecule has 0 spiro atoms. The third-order valence-electron chi connectivity index (χ3n) is 7.62. The molecule has 6 rings (SSSR count). The van der Waals surface area contributed by atoms with Gasteiger partial charge in [-0.3, -0.25) is 9.69 Å². The molecule has 0 N–H and O–H groups in total. The second kappa shape index (κ2) is 11.4. The van der Waals surface area contributed by atoms with Crippen molar-refractivity contribution in [2.45, 2.75) is 36.8 Å². The van der Waals surface area contributed by atoms with Crippen LogP contribution in [0.1, 0.15) is 34.3 Å².